The summed E-state index contributed by atoms with van der Waals surface area (Å²) in [6.07, 6.45) is 1.66. The number of hydrogen-bond acceptors (Lipinski definition) is 3. The molecule has 0 N–H and O–H groups in total. The van der Waals surface area contributed by atoms with Crippen LogP contribution < -0.4 is 5.01 Å². The minimum Gasteiger partial charge on any atom is -0.268 e. The molecule has 2 aromatic carbocycles. The molecule has 3 rings (SSSR count). The second kappa shape index (κ2) is 6.04. The summed E-state index contributed by atoms with van der Waals surface area (Å²) in [6.45, 7) is 1.83. The zero-order valence-corrected chi connectivity index (χ0v) is 12.9. The summed E-state index contributed by atoms with van der Waals surface area (Å²) in [5.41, 5.74) is 1.80. The molecule has 2 aromatic rings. The monoisotopic (exact) mass is 309 g/mol. The fourth-order valence-electron chi connectivity index (χ4n) is 2.35. The predicted octanol–water partition coefficient (Wildman–Crippen LogP) is 3.48. The van der Waals surface area contributed by atoms with E-state index in [4.69, 9.17) is 0 Å². The number of aliphatic imine (C=N–C) groups is 1. The van der Waals surface area contributed by atoms with Gasteiger partial charge in [0.2, 0.25) is 0 Å². The van der Waals surface area contributed by atoms with Crippen molar-refractivity contribution < 1.29 is 9.18 Å². The molecule has 1 aliphatic rings. The molecular weight excluding hydrogens is 293 g/mol. The Morgan fingerprint density at radius 3 is 2.35 bits per heavy atom. The number of para-hydroxylation sites is 1. The lowest BCUT2D eigenvalue weighted by atomic mass is 10.1. The van der Waals surface area contributed by atoms with Gasteiger partial charge in [0.15, 0.2) is 0 Å². The van der Waals surface area contributed by atoms with E-state index in [9.17, 15) is 9.18 Å². The van der Waals surface area contributed by atoms with Gasteiger partial charge in [-0.25, -0.2) is 14.4 Å². The highest BCUT2D eigenvalue weighted by Gasteiger charge is 2.29. The van der Waals surface area contributed by atoms with Gasteiger partial charge in [-0.05, 0) is 42.8 Å². The number of hydrogen-bond donors (Lipinski definition) is 0. The highest BCUT2D eigenvalue weighted by Crippen LogP contribution is 2.24. The maximum absolute atomic E-state index is 13.0. The third-order valence-corrected chi connectivity index (χ3v) is 3.64. The fraction of sp³-hybridized carbons (Fsp3) is 0.111. The first-order chi connectivity index (χ1) is 11.1. The van der Waals surface area contributed by atoms with E-state index >= 15 is 0 Å². The molecular formula is C18H16FN3O. The Morgan fingerprint density at radius 2 is 1.70 bits per heavy atom. The smallest absolute Gasteiger partial charge is 0.268 e. The van der Waals surface area contributed by atoms with E-state index in [1.807, 2.05) is 37.3 Å². The summed E-state index contributed by atoms with van der Waals surface area (Å²) in [5, 5.41) is 3.28. The Hall–Kier alpha value is -2.95. The third kappa shape index (κ3) is 2.99. The van der Waals surface area contributed by atoms with Gasteiger partial charge in [0.05, 0.1) is 5.69 Å². The van der Waals surface area contributed by atoms with E-state index in [2.05, 4.69) is 4.99 Å². The second-order valence-electron chi connectivity index (χ2n) is 5.22. The summed E-state index contributed by atoms with van der Waals surface area (Å²) in [7, 11) is 1.79. The van der Waals surface area contributed by atoms with Crippen LogP contribution in [0, 0.1) is 5.82 Å². The van der Waals surface area contributed by atoms with Crippen LogP contribution in [-0.4, -0.2) is 23.8 Å². The Labute approximate surface area is 134 Å². The first kappa shape index (κ1) is 15.0. The van der Waals surface area contributed by atoms with Gasteiger partial charge in [-0.2, -0.15) is 0 Å². The molecule has 0 bridgehead atoms. The second-order valence-corrected chi connectivity index (χ2v) is 5.22. The van der Waals surface area contributed by atoms with Gasteiger partial charge in [0.1, 0.15) is 17.3 Å². The molecule has 1 aliphatic heterocycles. The van der Waals surface area contributed by atoms with Crippen LogP contribution in [0.4, 0.5) is 10.1 Å². The molecule has 116 valence electrons. The molecule has 0 aromatic heterocycles. The Bertz CT molecular complexity index is 782. The highest BCUT2D eigenvalue weighted by atomic mass is 19.1. The van der Waals surface area contributed by atoms with Gasteiger partial charge < -0.3 is 0 Å². The molecule has 4 nitrogen and oxygen atoms in total. The zero-order chi connectivity index (χ0) is 16.4. The van der Waals surface area contributed by atoms with Crippen molar-refractivity contribution in [1.29, 1.82) is 0 Å². The van der Waals surface area contributed by atoms with E-state index in [0.29, 0.717) is 11.5 Å². The molecule has 1 heterocycles. The Morgan fingerprint density at radius 1 is 1.04 bits per heavy atom. The predicted molar refractivity (Wildman–Crippen MR) is 89.2 cm³/mol. The molecule has 0 radical (unpaired) electrons. The summed E-state index contributed by atoms with van der Waals surface area (Å²) >= 11 is 0. The number of carbonyl (C=O) groups is 1. The van der Waals surface area contributed by atoms with Crippen LogP contribution in [-0.2, 0) is 4.79 Å². The molecule has 0 atom stereocenters. The van der Waals surface area contributed by atoms with Gasteiger partial charge in [0.25, 0.3) is 5.91 Å². The van der Waals surface area contributed by atoms with E-state index in [1.165, 1.54) is 12.1 Å². The van der Waals surface area contributed by atoms with Gasteiger partial charge in [-0.1, -0.05) is 30.3 Å². The standard InChI is InChI=1S/C18H16FN3O/c1-13-20-17(12-14-8-10-15(19)11-9-14)18(23)22(21(13)2)16-6-4-3-5-7-16/h3-12H,1-2H3. The number of anilines is 1. The molecule has 0 saturated heterocycles. The molecule has 0 fully saturated rings. The molecule has 1 amide bonds. The van der Waals surface area contributed by atoms with E-state index in [1.54, 1.807) is 35.3 Å². The minimum atomic E-state index is -0.313. The number of halogens is 1. The number of amidine groups is 1. The van der Waals surface area contributed by atoms with Crippen molar-refractivity contribution >= 4 is 23.5 Å². The zero-order valence-electron chi connectivity index (χ0n) is 12.9. The number of nitrogens with zero attached hydrogens (tertiary/aromatic N) is 3. The Balaban J connectivity index is 2.02. The maximum Gasteiger partial charge on any atom is 0.295 e. The average molecular weight is 309 g/mol. The topological polar surface area (TPSA) is 35.9 Å². The Kier molecular flexibility index (Phi) is 3.93. The van der Waals surface area contributed by atoms with Crippen molar-refractivity contribution in [2.45, 2.75) is 6.92 Å². The lowest BCUT2D eigenvalue weighted by Crippen LogP contribution is -2.50. The quantitative estimate of drug-likeness (QED) is 0.796. The number of rotatable bonds is 2. The van der Waals surface area contributed by atoms with Crippen LogP contribution in [0.15, 0.2) is 65.3 Å². The van der Waals surface area contributed by atoms with Gasteiger partial charge >= 0.3 is 0 Å². The molecule has 0 aliphatic carbocycles. The lowest BCUT2D eigenvalue weighted by molar-refractivity contribution is -0.117. The normalized spacial score (nSPS) is 16.7. The summed E-state index contributed by atoms with van der Waals surface area (Å²) < 4.78 is 13.0. The maximum atomic E-state index is 13.0. The van der Waals surface area contributed by atoms with E-state index in [0.717, 1.165) is 11.3 Å². The van der Waals surface area contributed by atoms with Crippen molar-refractivity contribution in [1.82, 2.24) is 5.01 Å². The number of amides is 1. The highest BCUT2D eigenvalue weighted by molar-refractivity contribution is 6.13. The molecule has 0 unspecified atom stereocenters. The first-order valence-electron chi connectivity index (χ1n) is 7.22. The van der Waals surface area contributed by atoms with Crippen molar-refractivity contribution in [3.63, 3.8) is 0 Å². The molecule has 0 spiro atoms. The van der Waals surface area contributed by atoms with Crippen LogP contribution in [0.3, 0.4) is 0 Å². The van der Waals surface area contributed by atoms with Crippen molar-refractivity contribution in [3.05, 3.63) is 71.7 Å². The van der Waals surface area contributed by atoms with Crippen molar-refractivity contribution in [2.75, 3.05) is 12.1 Å². The van der Waals surface area contributed by atoms with Crippen LogP contribution in [0.2, 0.25) is 0 Å². The summed E-state index contributed by atoms with van der Waals surface area (Å²) in [6, 6.07) is 15.3. The van der Waals surface area contributed by atoms with Crippen molar-refractivity contribution in [3.8, 4) is 0 Å². The van der Waals surface area contributed by atoms with E-state index in [-0.39, 0.29) is 11.7 Å². The minimum absolute atomic E-state index is 0.228. The van der Waals surface area contributed by atoms with Gasteiger partial charge in [-0.15, -0.1) is 0 Å². The molecule has 23 heavy (non-hydrogen) atoms. The molecule has 5 heteroatoms. The summed E-state index contributed by atoms with van der Waals surface area (Å²) in [4.78, 5) is 17.1. The SMILES string of the molecule is CC1=NC(=Cc2ccc(F)cc2)C(=O)N(c2ccccc2)N1C. The summed E-state index contributed by atoms with van der Waals surface area (Å²) in [5.74, 6) is 0.155. The van der Waals surface area contributed by atoms with Crippen molar-refractivity contribution in [2.24, 2.45) is 4.99 Å². The van der Waals surface area contributed by atoms with E-state index < -0.39 is 0 Å². The largest absolute Gasteiger partial charge is 0.295 e. The lowest BCUT2D eigenvalue weighted by Gasteiger charge is -2.36. The van der Waals surface area contributed by atoms with Crippen LogP contribution in [0.1, 0.15) is 12.5 Å². The third-order valence-electron chi connectivity index (χ3n) is 3.64. The first-order valence-corrected chi connectivity index (χ1v) is 7.22. The average Bonchev–Trinajstić information content (AvgIpc) is 2.56. The number of benzene rings is 2. The molecule has 0 saturated carbocycles. The fourth-order valence-corrected chi connectivity index (χ4v) is 2.35. The van der Waals surface area contributed by atoms with Crippen LogP contribution >= 0.6 is 0 Å². The number of hydrazine groups is 1. The van der Waals surface area contributed by atoms with Gasteiger partial charge in [0, 0.05) is 7.05 Å². The van der Waals surface area contributed by atoms with Crippen LogP contribution in [0.5, 0.6) is 0 Å². The van der Waals surface area contributed by atoms with Crippen LogP contribution in [0.25, 0.3) is 6.08 Å². The number of carbonyl (C=O) groups excluding carboxylic acids is 1. The van der Waals surface area contributed by atoms with Gasteiger partial charge in [-0.3, -0.25) is 9.80 Å².